The Morgan fingerprint density at radius 1 is 1.47 bits per heavy atom. The van der Waals surface area contributed by atoms with Crippen LogP contribution >= 0.6 is 0 Å². The third-order valence-corrected chi connectivity index (χ3v) is 2.52. The van der Waals surface area contributed by atoms with Crippen molar-refractivity contribution in [1.82, 2.24) is 4.57 Å². The maximum atomic E-state index is 10.9. The van der Waals surface area contributed by atoms with E-state index in [1.807, 2.05) is 19.9 Å². The molecule has 0 amide bonds. The molecular formula is C11H13NO3. The number of aromatic nitrogens is 1. The van der Waals surface area contributed by atoms with Crippen molar-refractivity contribution in [3.8, 4) is 0 Å². The highest BCUT2D eigenvalue weighted by atomic mass is 16.4. The van der Waals surface area contributed by atoms with Gasteiger partial charge in [-0.3, -0.25) is 0 Å². The first-order valence-corrected chi connectivity index (χ1v) is 5.02. The van der Waals surface area contributed by atoms with Crippen molar-refractivity contribution in [2.75, 3.05) is 0 Å². The summed E-state index contributed by atoms with van der Waals surface area (Å²) in [5.74, 6) is -0.0274. The van der Waals surface area contributed by atoms with Crippen molar-refractivity contribution in [2.24, 2.45) is 0 Å². The summed E-state index contributed by atoms with van der Waals surface area (Å²) in [6.45, 7) is 4.56. The van der Waals surface area contributed by atoms with Crippen LogP contribution in [0.4, 0.5) is 0 Å². The maximum Gasteiger partial charge on any atom is 0.352 e. The van der Waals surface area contributed by atoms with E-state index in [0.717, 1.165) is 17.7 Å². The minimum Gasteiger partial charge on any atom is -0.477 e. The third-order valence-electron chi connectivity index (χ3n) is 2.52. The van der Waals surface area contributed by atoms with Gasteiger partial charge in [-0.15, -0.1) is 0 Å². The summed E-state index contributed by atoms with van der Waals surface area (Å²) in [7, 11) is 0. The quantitative estimate of drug-likeness (QED) is 0.841. The van der Waals surface area contributed by atoms with Gasteiger partial charge in [-0.1, -0.05) is 6.92 Å². The minimum absolute atomic E-state index is 0.286. The van der Waals surface area contributed by atoms with Crippen LogP contribution in [-0.4, -0.2) is 15.6 Å². The van der Waals surface area contributed by atoms with E-state index in [4.69, 9.17) is 9.52 Å². The van der Waals surface area contributed by atoms with Gasteiger partial charge in [-0.05, 0) is 6.92 Å². The molecule has 0 atom stereocenters. The summed E-state index contributed by atoms with van der Waals surface area (Å²) in [6, 6.07) is 3.49. The minimum atomic E-state index is -0.915. The van der Waals surface area contributed by atoms with Gasteiger partial charge in [0.05, 0.1) is 5.52 Å². The number of fused-ring (bicyclic) bond motifs is 1. The number of hydrogen-bond donors (Lipinski definition) is 1. The fraction of sp³-hybridized carbons (Fsp3) is 0.364. The molecule has 4 heteroatoms. The molecule has 2 rings (SSSR count). The Kier molecular flexibility index (Phi) is 2.26. The molecular weight excluding hydrogens is 194 g/mol. The molecule has 0 unspecified atom stereocenters. The largest absolute Gasteiger partial charge is 0.477 e. The average molecular weight is 207 g/mol. The van der Waals surface area contributed by atoms with Gasteiger partial charge in [0.25, 0.3) is 0 Å². The Morgan fingerprint density at radius 3 is 2.73 bits per heavy atom. The normalized spacial score (nSPS) is 11.1. The Morgan fingerprint density at radius 2 is 2.20 bits per heavy atom. The topological polar surface area (TPSA) is 55.4 Å². The molecule has 0 radical (unpaired) electrons. The molecule has 0 saturated heterocycles. The Balaban J connectivity index is 2.67. The van der Waals surface area contributed by atoms with Gasteiger partial charge in [-0.2, -0.15) is 0 Å². The average Bonchev–Trinajstić information content (AvgIpc) is 2.72. The molecule has 0 aliphatic heterocycles. The fourth-order valence-electron chi connectivity index (χ4n) is 1.78. The number of carboxylic acids is 1. The first-order chi connectivity index (χ1) is 7.17. The SMILES string of the molecule is CCc1cc2c(cc(C(=O)O)n2CC)o1. The molecule has 2 aromatic rings. The lowest BCUT2D eigenvalue weighted by Crippen LogP contribution is -2.06. The van der Waals surface area contributed by atoms with Gasteiger partial charge < -0.3 is 14.1 Å². The number of rotatable bonds is 3. The van der Waals surface area contributed by atoms with Gasteiger partial charge in [0, 0.05) is 25.1 Å². The van der Waals surface area contributed by atoms with Gasteiger partial charge in [0.2, 0.25) is 0 Å². The number of carboxylic acid groups (broad SMARTS) is 1. The number of hydrogen-bond acceptors (Lipinski definition) is 2. The summed E-state index contributed by atoms with van der Waals surface area (Å²) in [6.07, 6.45) is 0.820. The zero-order valence-electron chi connectivity index (χ0n) is 8.78. The Hall–Kier alpha value is -1.71. The second-order valence-corrected chi connectivity index (χ2v) is 3.39. The van der Waals surface area contributed by atoms with Crippen molar-refractivity contribution >= 4 is 17.1 Å². The van der Waals surface area contributed by atoms with Crippen LogP contribution in [0.2, 0.25) is 0 Å². The third kappa shape index (κ3) is 1.42. The lowest BCUT2D eigenvalue weighted by atomic mass is 10.3. The van der Waals surface area contributed by atoms with Crippen molar-refractivity contribution in [2.45, 2.75) is 26.8 Å². The van der Waals surface area contributed by atoms with Crippen LogP contribution in [0, 0.1) is 0 Å². The van der Waals surface area contributed by atoms with Crippen LogP contribution in [0.25, 0.3) is 11.1 Å². The van der Waals surface area contributed by atoms with E-state index in [0.29, 0.717) is 12.1 Å². The molecule has 0 aliphatic carbocycles. The van der Waals surface area contributed by atoms with E-state index >= 15 is 0 Å². The van der Waals surface area contributed by atoms with Crippen molar-refractivity contribution in [3.63, 3.8) is 0 Å². The van der Waals surface area contributed by atoms with E-state index in [9.17, 15) is 4.79 Å². The molecule has 0 saturated carbocycles. The summed E-state index contributed by atoms with van der Waals surface area (Å²) < 4.78 is 7.26. The van der Waals surface area contributed by atoms with Gasteiger partial charge in [-0.25, -0.2) is 4.79 Å². The number of furan rings is 1. The van der Waals surface area contributed by atoms with Gasteiger partial charge >= 0.3 is 5.97 Å². The zero-order chi connectivity index (χ0) is 11.0. The van der Waals surface area contributed by atoms with E-state index < -0.39 is 5.97 Å². The first-order valence-electron chi connectivity index (χ1n) is 5.02. The number of aryl methyl sites for hydroxylation is 2. The van der Waals surface area contributed by atoms with Crippen LogP contribution in [-0.2, 0) is 13.0 Å². The predicted molar refractivity (Wildman–Crippen MR) is 56.2 cm³/mol. The molecule has 4 nitrogen and oxygen atoms in total. The van der Waals surface area contributed by atoms with Crippen LogP contribution < -0.4 is 0 Å². The molecule has 2 aromatic heterocycles. The molecule has 0 fully saturated rings. The summed E-state index contributed by atoms with van der Waals surface area (Å²) in [5.41, 5.74) is 1.81. The monoisotopic (exact) mass is 207 g/mol. The number of aromatic carboxylic acids is 1. The number of nitrogens with zero attached hydrogens (tertiary/aromatic N) is 1. The molecule has 80 valence electrons. The van der Waals surface area contributed by atoms with Crippen molar-refractivity contribution in [3.05, 3.63) is 23.6 Å². The molecule has 0 aromatic carbocycles. The summed E-state index contributed by atoms with van der Waals surface area (Å²) >= 11 is 0. The lowest BCUT2D eigenvalue weighted by molar-refractivity contribution is 0.0686. The Bertz CT molecular complexity index is 507. The van der Waals surface area contributed by atoms with E-state index in [-0.39, 0.29) is 5.69 Å². The van der Waals surface area contributed by atoms with Gasteiger partial charge in [0.1, 0.15) is 11.5 Å². The molecule has 2 heterocycles. The fourth-order valence-corrected chi connectivity index (χ4v) is 1.78. The van der Waals surface area contributed by atoms with Crippen LogP contribution in [0.1, 0.15) is 30.1 Å². The molecule has 0 spiro atoms. The number of carbonyl (C=O) groups is 1. The van der Waals surface area contributed by atoms with Crippen LogP contribution in [0.5, 0.6) is 0 Å². The smallest absolute Gasteiger partial charge is 0.352 e. The van der Waals surface area contributed by atoms with Gasteiger partial charge in [0.15, 0.2) is 5.58 Å². The molecule has 15 heavy (non-hydrogen) atoms. The van der Waals surface area contributed by atoms with Crippen LogP contribution in [0.3, 0.4) is 0 Å². The highest BCUT2D eigenvalue weighted by molar-refractivity contribution is 5.92. The van der Waals surface area contributed by atoms with Crippen LogP contribution in [0.15, 0.2) is 16.5 Å². The summed E-state index contributed by atoms with van der Waals surface area (Å²) in [4.78, 5) is 10.9. The van der Waals surface area contributed by atoms with Crippen molar-refractivity contribution < 1.29 is 14.3 Å². The predicted octanol–water partition coefficient (Wildman–Crippen LogP) is 2.51. The first kappa shape index (κ1) is 9.83. The highest BCUT2D eigenvalue weighted by Gasteiger charge is 2.16. The highest BCUT2D eigenvalue weighted by Crippen LogP contribution is 2.24. The van der Waals surface area contributed by atoms with E-state index in [2.05, 4.69) is 0 Å². The lowest BCUT2D eigenvalue weighted by Gasteiger charge is -2.01. The van der Waals surface area contributed by atoms with E-state index in [1.165, 1.54) is 0 Å². The Labute approximate surface area is 87.1 Å². The molecule has 0 bridgehead atoms. The summed E-state index contributed by atoms with van der Waals surface area (Å²) in [5, 5.41) is 8.98. The molecule has 0 aliphatic rings. The second-order valence-electron chi connectivity index (χ2n) is 3.39. The second kappa shape index (κ2) is 3.46. The van der Waals surface area contributed by atoms with E-state index in [1.54, 1.807) is 10.6 Å². The maximum absolute atomic E-state index is 10.9. The van der Waals surface area contributed by atoms with Crippen molar-refractivity contribution in [1.29, 1.82) is 0 Å². The molecule has 1 N–H and O–H groups in total. The standard InChI is InChI=1S/C11H13NO3/c1-3-7-5-8-10(15-7)6-9(11(13)14)12(8)4-2/h5-6H,3-4H2,1-2H3,(H,13,14). The zero-order valence-corrected chi connectivity index (χ0v) is 8.78.